The molecule has 9 heteroatoms. The molecule has 0 bridgehead atoms. The average Bonchev–Trinajstić information content (AvgIpc) is 2.36. The van der Waals surface area contributed by atoms with E-state index in [2.05, 4.69) is 9.97 Å². The summed E-state index contributed by atoms with van der Waals surface area (Å²) in [5.74, 6) is -0.490. The number of rotatable bonds is 3. The topological polar surface area (TPSA) is 98.1 Å². The van der Waals surface area contributed by atoms with Gasteiger partial charge in [-0.2, -0.15) is 0 Å². The molecular formula is C10H5Cl2N3O4. The molecule has 0 unspecified atom stereocenters. The molecular weight excluding hydrogens is 297 g/mol. The van der Waals surface area contributed by atoms with Crippen LogP contribution >= 0.6 is 23.2 Å². The van der Waals surface area contributed by atoms with Gasteiger partial charge in [-0.1, -0.05) is 29.3 Å². The summed E-state index contributed by atoms with van der Waals surface area (Å²) in [7, 11) is 0. The molecule has 0 atom stereocenters. The molecule has 0 aliphatic heterocycles. The maximum absolute atomic E-state index is 11.3. The van der Waals surface area contributed by atoms with Crippen molar-refractivity contribution in [1.29, 1.82) is 0 Å². The van der Waals surface area contributed by atoms with Gasteiger partial charge in [-0.3, -0.25) is 14.9 Å². The van der Waals surface area contributed by atoms with Crippen molar-refractivity contribution in [3.05, 3.63) is 55.0 Å². The maximum atomic E-state index is 11.3. The maximum Gasteiger partial charge on any atom is 0.313 e. The molecule has 98 valence electrons. The molecule has 0 aliphatic carbocycles. The summed E-state index contributed by atoms with van der Waals surface area (Å²) in [6.07, 6.45) is 1.06. The van der Waals surface area contributed by atoms with E-state index in [9.17, 15) is 14.9 Å². The normalized spacial score (nSPS) is 10.2. The molecule has 0 aliphatic rings. The number of nitro benzene ring substituents is 1. The van der Waals surface area contributed by atoms with E-state index < -0.39 is 10.5 Å². The number of hydrogen-bond acceptors (Lipinski definition) is 5. The molecule has 1 aromatic heterocycles. The van der Waals surface area contributed by atoms with Gasteiger partial charge in [0.05, 0.1) is 16.3 Å². The number of para-hydroxylation sites is 1. The highest BCUT2D eigenvalue weighted by Crippen LogP contribution is 2.38. The summed E-state index contributed by atoms with van der Waals surface area (Å²) in [6, 6.07) is 4.02. The number of aromatic nitrogens is 2. The Balaban J connectivity index is 2.52. The monoisotopic (exact) mass is 301 g/mol. The number of H-pyrrole nitrogens is 1. The lowest BCUT2D eigenvalue weighted by atomic mass is 10.3. The van der Waals surface area contributed by atoms with Crippen molar-refractivity contribution >= 4 is 28.9 Å². The van der Waals surface area contributed by atoms with E-state index in [0.717, 1.165) is 6.33 Å². The highest BCUT2D eigenvalue weighted by molar-refractivity contribution is 6.33. The predicted molar refractivity (Wildman–Crippen MR) is 68.0 cm³/mol. The fourth-order valence-corrected chi connectivity index (χ4v) is 1.63. The SMILES string of the molecule is O=c1[nH]cnc(Oc2c(Cl)cccc2[N+](=O)[O-])c1Cl. The number of ether oxygens (including phenoxy) is 1. The third-order valence-electron chi connectivity index (χ3n) is 2.11. The fraction of sp³-hybridized carbons (Fsp3) is 0. The van der Waals surface area contributed by atoms with E-state index in [1.54, 1.807) is 0 Å². The summed E-state index contributed by atoms with van der Waals surface area (Å²) in [6.45, 7) is 0. The lowest BCUT2D eigenvalue weighted by molar-refractivity contribution is -0.385. The quantitative estimate of drug-likeness (QED) is 0.694. The first-order valence-corrected chi connectivity index (χ1v) is 5.60. The van der Waals surface area contributed by atoms with Gasteiger partial charge in [0.1, 0.15) is 0 Å². The highest BCUT2D eigenvalue weighted by Gasteiger charge is 2.21. The minimum Gasteiger partial charge on any atom is -0.428 e. The van der Waals surface area contributed by atoms with Crippen LogP contribution in [0.3, 0.4) is 0 Å². The molecule has 0 saturated carbocycles. The molecule has 2 rings (SSSR count). The van der Waals surface area contributed by atoms with Crippen LogP contribution in [0.5, 0.6) is 11.6 Å². The average molecular weight is 302 g/mol. The van der Waals surface area contributed by atoms with Crippen LogP contribution in [0, 0.1) is 10.1 Å². The molecule has 1 aromatic carbocycles. The molecule has 7 nitrogen and oxygen atoms in total. The van der Waals surface area contributed by atoms with Crippen LogP contribution in [-0.4, -0.2) is 14.9 Å². The molecule has 2 aromatic rings. The molecule has 0 fully saturated rings. The lowest BCUT2D eigenvalue weighted by Crippen LogP contribution is -2.08. The zero-order valence-electron chi connectivity index (χ0n) is 9.09. The molecule has 1 N–H and O–H groups in total. The number of halogens is 2. The van der Waals surface area contributed by atoms with Gasteiger partial charge in [-0.25, -0.2) is 4.98 Å². The van der Waals surface area contributed by atoms with Crippen molar-refractivity contribution in [2.45, 2.75) is 0 Å². The van der Waals surface area contributed by atoms with Crippen LogP contribution < -0.4 is 10.3 Å². The van der Waals surface area contributed by atoms with Crippen molar-refractivity contribution < 1.29 is 9.66 Å². The Morgan fingerprint density at radius 1 is 1.37 bits per heavy atom. The van der Waals surface area contributed by atoms with Crippen LogP contribution in [0.1, 0.15) is 0 Å². The fourth-order valence-electron chi connectivity index (χ4n) is 1.28. The minimum absolute atomic E-state index is 0.00680. The van der Waals surface area contributed by atoms with Gasteiger partial charge < -0.3 is 9.72 Å². The van der Waals surface area contributed by atoms with Gasteiger partial charge in [0.25, 0.3) is 5.56 Å². The standard InChI is InChI=1S/C10H5Cl2N3O4/c11-5-2-1-3-6(15(17)18)8(5)19-10-7(12)9(16)13-4-14-10/h1-4H,(H,13,14,16). The number of nitro groups is 1. The van der Waals surface area contributed by atoms with Gasteiger partial charge in [-0.05, 0) is 6.07 Å². The van der Waals surface area contributed by atoms with Gasteiger partial charge in [0.2, 0.25) is 11.6 Å². The summed E-state index contributed by atoms with van der Waals surface area (Å²) in [5.41, 5.74) is -0.980. The van der Waals surface area contributed by atoms with Crippen molar-refractivity contribution in [1.82, 2.24) is 9.97 Å². The Bertz CT molecular complexity index is 701. The summed E-state index contributed by atoms with van der Waals surface area (Å²) in [4.78, 5) is 27.4. The van der Waals surface area contributed by atoms with Crippen molar-refractivity contribution in [2.24, 2.45) is 0 Å². The van der Waals surface area contributed by atoms with Crippen molar-refractivity contribution in [3.8, 4) is 11.6 Å². The zero-order valence-corrected chi connectivity index (χ0v) is 10.6. The molecule has 0 spiro atoms. The Labute approximate surface area is 115 Å². The molecule has 0 amide bonds. The van der Waals surface area contributed by atoms with Crippen molar-refractivity contribution in [3.63, 3.8) is 0 Å². The predicted octanol–water partition coefficient (Wildman–Crippen LogP) is 2.78. The smallest absolute Gasteiger partial charge is 0.313 e. The van der Waals surface area contributed by atoms with E-state index >= 15 is 0 Å². The first kappa shape index (κ1) is 13.3. The largest absolute Gasteiger partial charge is 0.428 e. The van der Waals surface area contributed by atoms with Gasteiger partial charge in [0, 0.05) is 6.07 Å². The van der Waals surface area contributed by atoms with Crippen LogP contribution in [-0.2, 0) is 0 Å². The number of hydrogen-bond donors (Lipinski definition) is 1. The Morgan fingerprint density at radius 3 is 2.79 bits per heavy atom. The van der Waals surface area contributed by atoms with E-state index in [1.807, 2.05) is 0 Å². The third-order valence-corrected chi connectivity index (χ3v) is 2.74. The second kappa shape index (κ2) is 5.25. The Morgan fingerprint density at radius 2 is 2.11 bits per heavy atom. The Kier molecular flexibility index (Phi) is 3.68. The lowest BCUT2D eigenvalue weighted by Gasteiger charge is -2.07. The van der Waals surface area contributed by atoms with Crippen molar-refractivity contribution in [2.75, 3.05) is 0 Å². The Hall–Kier alpha value is -2.12. The van der Waals surface area contributed by atoms with Crippen LogP contribution in [0.15, 0.2) is 29.3 Å². The molecule has 0 saturated heterocycles. The summed E-state index contributed by atoms with van der Waals surface area (Å²) >= 11 is 11.5. The summed E-state index contributed by atoms with van der Waals surface area (Å²) in [5, 5.41) is 10.5. The second-order valence-corrected chi connectivity index (χ2v) is 4.08. The zero-order chi connectivity index (χ0) is 14.0. The van der Waals surface area contributed by atoms with Crippen LogP contribution in [0.4, 0.5) is 5.69 Å². The second-order valence-electron chi connectivity index (χ2n) is 3.30. The number of aromatic amines is 1. The molecule has 0 radical (unpaired) electrons. The first-order chi connectivity index (χ1) is 9.00. The third kappa shape index (κ3) is 2.67. The molecule has 1 heterocycles. The number of nitrogens with one attached hydrogen (secondary N) is 1. The van der Waals surface area contributed by atoms with Crippen LogP contribution in [0.25, 0.3) is 0 Å². The van der Waals surface area contributed by atoms with Gasteiger partial charge in [-0.15, -0.1) is 0 Å². The summed E-state index contributed by atoms with van der Waals surface area (Å²) < 4.78 is 5.18. The van der Waals surface area contributed by atoms with Crippen LogP contribution in [0.2, 0.25) is 10.0 Å². The first-order valence-electron chi connectivity index (χ1n) is 4.84. The highest BCUT2D eigenvalue weighted by atomic mass is 35.5. The number of nitrogens with zero attached hydrogens (tertiary/aromatic N) is 2. The minimum atomic E-state index is -0.664. The van der Waals surface area contributed by atoms with E-state index in [4.69, 9.17) is 27.9 Å². The van der Waals surface area contributed by atoms with E-state index in [1.165, 1.54) is 18.2 Å². The molecule has 19 heavy (non-hydrogen) atoms. The van der Waals surface area contributed by atoms with E-state index in [0.29, 0.717) is 0 Å². The van der Waals surface area contributed by atoms with E-state index in [-0.39, 0.29) is 27.4 Å². The van der Waals surface area contributed by atoms with Gasteiger partial charge >= 0.3 is 5.69 Å². The van der Waals surface area contributed by atoms with Gasteiger partial charge in [0.15, 0.2) is 5.02 Å². The number of benzene rings is 1.